The highest BCUT2D eigenvalue weighted by Gasteiger charge is 2.46. The van der Waals surface area contributed by atoms with Gasteiger partial charge in [-0.3, -0.25) is 14.7 Å². The Kier molecular flexibility index (Phi) is 3.75. The van der Waals surface area contributed by atoms with Crippen molar-refractivity contribution < 1.29 is 4.79 Å². The van der Waals surface area contributed by atoms with Crippen LogP contribution >= 0.6 is 0 Å². The molecule has 0 radical (unpaired) electrons. The summed E-state index contributed by atoms with van der Waals surface area (Å²) in [7, 11) is 1.79. The lowest BCUT2D eigenvalue weighted by Gasteiger charge is -2.41. The van der Waals surface area contributed by atoms with Gasteiger partial charge in [-0.15, -0.1) is 0 Å². The molecule has 0 aromatic heterocycles. The number of rotatable bonds is 2. The monoisotopic (exact) mass is 331 g/mol. The van der Waals surface area contributed by atoms with Crippen molar-refractivity contribution >= 4 is 18.0 Å². The van der Waals surface area contributed by atoms with Crippen molar-refractivity contribution in [1.29, 1.82) is 0 Å². The highest BCUT2D eigenvalue weighted by atomic mass is 16.2. The summed E-state index contributed by atoms with van der Waals surface area (Å²) in [6, 6.07) is 10.5. The van der Waals surface area contributed by atoms with Gasteiger partial charge in [-0.05, 0) is 43.4 Å². The van der Waals surface area contributed by atoms with Gasteiger partial charge in [0.1, 0.15) is 5.84 Å². The van der Waals surface area contributed by atoms with Gasteiger partial charge in [-0.25, -0.2) is 4.99 Å². The Morgan fingerprint density at radius 1 is 1.24 bits per heavy atom. The molecule has 1 unspecified atom stereocenters. The molecule has 2 heterocycles. The second-order valence-electron chi connectivity index (χ2n) is 6.93. The number of allylic oxidation sites excluding steroid dienone is 4. The summed E-state index contributed by atoms with van der Waals surface area (Å²) in [6.07, 6.45) is 10.0. The minimum absolute atomic E-state index is 0.119. The third-order valence-electron chi connectivity index (χ3n) is 5.34. The Hall–Kier alpha value is -2.75. The number of nitrogens with zero attached hydrogens (tertiary/aromatic N) is 3. The van der Waals surface area contributed by atoms with Gasteiger partial charge >= 0.3 is 0 Å². The molecule has 1 spiro atoms. The van der Waals surface area contributed by atoms with E-state index < -0.39 is 0 Å². The quantitative estimate of drug-likeness (QED) is 0.815. The lowest BCUT2D eigenvalue weighted by molar-refractivity contribution is -0.119. The predicted molar refractivity (Wildman–Crippen MR) is 100 cm³/mol. The van der Waals surface area contributed by atoms with Crippen LogP contribution in [-0.4, -0.2) is 29.9 Å². The van der Waals surface area contributed by atoms with E-state index in [1.165, 1.54) is 22.9 Å². The van der Waals surface area contributed by atoms with Gasteiger partial charge in [0.2, 0.25) is 0 Å². The molecule has 126 valence electrons. The van der Waals surface area contributed by atoms with Crippen molar-refractivity contribution in [2.45, 2.75) is 26.2 Å². The Balaban J connectivity index is 1.79. The van der Waals surface area contributed by atoms with Crippen molar-refractivity contribution in [2.75, 3.05) is 7.05 Å². The van der Waals surface area contributed by atoms with E-state index in [4.69, 9.17) is 0 Å². The molecule has 1 aliphatic carbocycles. The zero-order valence-electron chi connectivity index (χ0n) is 14.6. The van der Waals surface area contributed by atoms with Crippen molar-refractivity contribution in [2.24, 2.45) is 15.4 Å². The third kappa shape index (κ3) is 2.58. The lowest BCUT2D eigenvalue weighted by Crippen LogP contribution is -2.46. The smallest absolute Gasteiger partial charge is 0.270 e. The van der Waals surface area contributed by atoms with Crippen LogP contribution in [-0.2, 0) is 11.2 Å². The largest absolute Gasteiger partial charge is 0.298 e. The number of hydrogen-bond donors (Lipinski definition) is 0. The van der Waals surface area contributed by atoms with Crippen LogP contribution in [0.25, 0.3) is 0 Å². The van der Waals surface area contributed by atoms with E-state index in [0.29, 0.717) is 0 Å². The topological polar surface area (TPSA) is 45.0 Å². The average molecular weight is 331 g/mol. The van der Waals surface area contributed by atoms with Crippen LogP contribution in [0.3, 0.4) is 0 Å². The summed E-state index contributed by atoms with van der Waals surface area (Å²) in [4.78, 5) is 23.1. The first-order valence-corrected chi connectivity index (χ1v) is 8.60. The molecule has 0 fully saturated rings. The first-order chi connectivity index (χ1) is 12.1. The maximum Gasteiger partial charge on any atom is 0.270 e. The Morgan fingerprint density at radius 2 is 2.04 bits per heavy atom. The number of amides is 1. The van der Waals surface area contributed by atoms with E-state index in [1.807, 2.05) is 6.07 Å². The highest BCUT2D eigenvalue weighted by molar-refractivity contribution is 6.31. The zero-order valence-corrected chi connectivity index (χ0v) is 14.6. The van der Waals surface area contributed by atoms with Crippen molar-refractivity contribution in [3.63, 3.8) is 0 Å². The number of amidine groups is 1. The van der Waals surface area contributed by atoms with Gasteiger partial charge in [-0.2, -0.15) is 0 Å². The molecule has 0 N–H and O–H groups in total. The fourth-order valence-electron chi connectivity index (χ4n) is 3.93. The summed E-state index contributed by atoms with van der Waals surface area (Å²) in [5.41, 5.74) is 4.54. The molecule has 25 heavy (non-hydrogen) atoms. The number of benzene rings is 1. The van der Waals surface area contributed by atoms with Gasteiger partial charge in [0.25, 0.3) is 5.91 Å². The van der Waals surface area contributed by atoms with E-state index in [0.717, 1.165) is 30.8 Å². The minimum atomic E-state index is -0.338. The molecule has 4 heteroatoms. The van der Waals surface area contributed by atoms with E-state index in [9.17, 15) is 4.79 Å². The summed E-state index contributed by atoms with van der Waals surface area (Å²) in [5.74, 6) is 0.688. The lowest BCUT2D eigenvalue weighted by atomic mass is 9.68. The van der Waals surface area contributed by atoms with Gasteiger partial charge in [0, 0.05) is 13.2 Å². The third-order valence-corrected chi connectivity index (χ3v) is 5.34. The maximum absolute atomic E-state index is 12.3. The molecule has 4 nitrogen and oxygen atoms in total. The van der Waals surface area contributed by atoms with Crippen molar-refractivity contribution in [1.82, 2.24) is 4.90 Å². The van der Waals surface area contributed by atoms with Gasteiger partial charge in [-0.1, -0.05) is 42.0 Å². The highest BCUT2D eigenvalue weighted by Crippen LogP contribution is 2.48. The van der Waals surface area contributed by atoms with Crippen LogP contribution < -0.4 is 0 Å². The van der Waals surface area contributed by atoms with Crippen LogP contribution in [0.5, 0.6) is 0 Å². The Morgan fingerprint density at radius 3 is 2.84 bits per heavy atom. The van der Waals surface area contributed by atoms with Crippen LogP contribution in [0.1, 0.15) is 25.3 Å². The summed E-state index contributed by atoms with van der Waals surface area (Å²) in [6.45, 7) is 2.14. The van der Waals surface area contributed by atoms with E-state index in [-0.39, 0.29) is 11.3 Å². The molecule has 1 amide bonds. The summed E-state index contributed by atoms with van der Waals surface area (Å²) >= 11 is 0. The molecule has 1 atom stereocenters. The fraction of sp³-hybridized carbons (Fsp3) is 0.286. The van der Waals surface area contributed by atoms with Crippen molar-refractivity contribution in [3.05, 3.63) is 71.1 Å². The fourth-order valence-corrected chi connectivity index (χ4v) is 3.93. The predicted octanol–water partition coefficient (Wildman–Crippen LogP) is 3.68. The van der Waals surface area contributed by atoms with Crippen LogP contribution in [0.15, 0.2) is 75.5 Å². The molecule has 3 aliphatic rings. The maximum atomic E-state index is 12.3. The number of hydrogen-bond acceptors (Lipinski definition) is 3. The molecular weight excluding hydrogens is 310 g/mol. The van der Waals surface area contributed by atoms with Gasteiger partial charge in [0.15, 0.2) is 0 Å². The Bertz CT molecular complexity index is 874. The van der Waals surface area contributed by atoms with Crippen LogP contribution in [0.2, 0.25) is 0 Å². The van der Waals surface area contributed by atoms with Crippen LogP contribution in [0, 0.1) is 5.41 Å². The molecule has 1 aromatic rings. The van der Waals surface area contributed by atoms with Crippen LogP contribution in [0.4, 0.5) is 0 Å². The average Bonchev–Trinajstić information content (AvgIpc) is 2.73. The molecular formula is C21H21N3O. The Labute approximate surface area is 148 Å². The zero-order chi connectivity index (χ0) is 17.4. The molecule has 0 bridgehead atoms. The normalized spacial score (nSPS) is 25.2. The van der Waals surface area contributed by atoms with E-state index in [2.05, 4.69) is 53.3 Å². The SMILES string of the molecule is CC1=C(Cc2ccccc2)CC23CC=CN=C2N(C)C(=O)C=NC3=C1. The molecule has 0 saturated carbocycles. The number of aliphatic imine (C=N–C) groups is 2. The second kappa shape index (κ2) is 5.96. The summed E-state index contributed by atoms with van der Waals surface area (Å²) in [5, 5.41) is 0. The first kappa shape index (κ1) is 15.8. The van der Waals surface area contributed by atoms with E-state index in [1.54, 1.807) is 18.1 Å². The van der Waals surface area contributed by atoms with Gasteiger partial charge in [0.05, 0.1) is 17.3 Å². The standard InChI is InChI=1S/C21H21N3O/c1-15-11-18-21(13-17(15)12-16-7-4-3-5-8-16)9-6-10-22-20(21)24(2)19(25)14-23-18/h3-8,10-11,14H,9,12-13H2,1-2H3. The number of carbonyl (C=O) groups is 1. The second-order valence-corrected chi connectivity index (χ2v) is 6.93. The molecule has 4 rings (SSSR count). The van der Waals surface area contributed by atoms with Crippen molar-refractivity contribution in [3.8, 4) is 0 Å². The molecule has 1 aromatic carbocycles. The number of carbonyl (C=O) groups excluding carboxylic acids is 1. The first-order valence-electron chi connectivity index (χ1n) is 8.60. The minimum Gasteiger partial charge on any atom is -0.298 e. The molecule has 0 saturated heterocycles. The van der Waals surface area contributed by atoms with Gasteiger partial charge < -0.3 is 0 Å². The van der Waals surface area contributed by atoms with E-state index >= 15 is 0 Å². The summed E-state index contributed by atoms with van der Waals surface area (Å²) < 4.78 is 0. The molecule has 2 aliphatic heterocycles.